The summed E-state index contributed by atoms with van der Waals surface area (Å²) in [5.41, 5.74) is 0. The van der Waals surface area contributed by atoms with Crippen molar-refractivity contribution in [1.29, 1.82) is 0 Å². The molecule has 2 rings (SSSR count). The number of nitrogens with zero attached hydrogens (tertiary/aromatic N) is 2. The normalized spacial score (nSPS) is 24.1. The van der Waals surface area contributed by atoms with Gasteiger partial charge in [0.05, 0.1) is 6.61 Å². The molecule has 116 valence electrons. The van der Waals surface area contributed by atoms with Crippen LogP contribution in [0.4, 0.5) is 4.79 Å². The average Bonchev–Trinajstić information content (AvgIpc) is 2.96. The Morgan fingerprint density at radius 2 is 2.10 bits per heavy atom. The first-order valence-corrected chi connectivity index (χ1v) is 7.97. The van der Waals surface area contributed by atoms with Gasteiger partial charge in [-0.2, -0.15) is 0 Å². The third-order valence-electron chi connectivity index (χ3n) is 4.49. The van der Waals surface area contributed by atoms with Crippen LogP contribution < -0.4 is 5.32 Å². The molecule has 5 nitrogen and oxygen atoms in total. The molecule has 20 heavy (non-hydrogen) atoms. The van der Waals surface area contributed by atoms with Gasteiger partial charge in [0, 0.05) is 39.3 Å². The Hall–Kier alpha value is -0.810. The van der Waals surface area contributed by atoms with Gasteiger partial charge < -0.3 is 19.9 Å². The van der Waals surface area contributed by atoms with Crippen LogP contribution in [-0.2, 0) is 4.74 Å². The minimum absolute atomic E-state index is 0.197. The molecule has 2 amide bonds. The van der Waals surface area contributed by atoms with Crippen LogP contribution in [0.3, 0.4) is 0 Å². The predicted molar refractivity (Wildman–Crippen MR) is 79.8 cm³/mol. The summed E-state index contributed by atoms with van der Waals surface area (Å²) in [5, 5.41) is 3.48. The van der Waals surface area contributed by atoms with Crippen LogP contribution >= 0.6 is 0 Å². The summed E-state index contributed by atoms with van der Waals surface area (Å²) in [5.74, 6) is 0.753. The van der Waals surface area contributed by atoms with E-state index in [0.717, 1.165) is 44.9 Å². The molecule has 5 heteroatoms. The van der Waals surface area contributed by atoms with Crippen molar-refractivity contribution in [2.45, 2.75) is 38.6 Å². The number of methoxy groups -OCH3 is 1. The SMILES string of the molecule is COCCN(CC1CCCN1)C(=O)N1CCC(C)CC1. The van der Waals surface area contributed by atoms with Gasteiger partial charge >= 0.3 is 6.03 Å². The van der Waals surface area contributed by atoms with Crippen LogP contribution in [0.1, 0.15) is 32.6 Å². The Morgan fingerprint density at radius 1 is 1.35 bits per heavy atom. The monoisotopic (exact) mass is 283 g/mol. The Bertz CT molecular complexity index is 297. The number of nitrogens with one attached hydrogen (secondary N) is 1. The number of ether oxygens (including phenoxy) is 1. The molecule has 2 aliphatic rings. The fourth-order valence-electron chi connectivity index (χ4n) is 3.04. The van der Waals surface area contributed by atoms with Gasteiger partial charge in [-0.1, -0.05) is 6.92 Å². The highest BCUT2D eigenvalue weighted by atomic mass is 16.5. The molecule has 1 N–H and O–H groups in total. The topological polar surface area (TPSA) is 44.8 Å². The molecular weight excluding hydrogens is 254 g/mol. The van der Waals surface area contributed by atoms with E-state index in [2.05, 4.69) is 12.2 Å². The molecule has 2 saturated heterocycles. The highest BCUT2D eigenvalue weighted by molar-refractivity contribution is 5.74. The molecule has 2 aliphatic heterocycles. The molecular formula is C15H29N3O2. The van der Waals surface area contributed by atoms with Gasteiger partial charge in [-0.3, -0.25) is 0 Å². The molecule has 1 atom stereocenters. The van der Waals surface area contributed by atoms with E-state index in [1.54, 1.807) is 7.11 Å². The van der Waals surface area contributed by atoms with E-state index in [-0.39, 0.29) is 6.03 Å². The third kappa shape index (κ3) is 4.35. The number of carbonyl (C=O) groups is 1. The van der Waals surface area contributed by atoms with E-state index in [0.29, 0.717) is 19.2 Å². The van der Waals surface area contributed by atoms with Crippen molar-refractivity contribution in [3.8, 4) is 0 Å². The lowest BCUT2D eigenvalue weighted by Gasteiger charge is -2.35. The zero-order valence-corrected chi connectivity index (χ0v) is 12.9. The summed E-state index contributed by atoms with van der Waals surface area (Å²) in [6, 6.07) is 0.655. The van der Waals surface area contributed by atoms with Crippen LogP contribution in [0.2, 0.25) is 0 Å². The number of hydrogen-bond donors (Lipinski definition) is 1. The van der Waals surface area contributed by atoms with Gasteiger partial charge in [0.1, 0.15) is 0 Å². The molecule has 2 heterocycles. The molecule has 0 spiro atoms. The maximum Gasteiger partial charge on any atom is 0.320 e. The lowest BCUT2D eigenvalue weighted by atomic mass is 9.99. The van der Waals surface area contributed by atoms with Crippen molar-refractivity contribution in [1.82, 2.24) is 15.1 Å². The number of piperidine rings is 1. The molecule has 1 unspecified atom stereocenters. The fourth-order valence-corrected chi connectivity index (χ4v) is 3.04. The van der Waals surface area contributed by atoms with E-state index in [1.165, 1.54) is 12.8 Å². The number of rotatable bonds is 5. The second-order valence-corrected chi connectivity index (χ2v) is 6.18. The van der Waals surface area contributed by atoms with Gasteiger partial charge in [-0.05, 0) is 38.1 Å². The van der Waals surface area contributed by atoms with Crippen LogP contribution in [0.5, 0.6) is 0 Å². The zero-order chi connectivity index (χ0) is 14.4. The number of amides is 2. The zero-order valence-electron chi connectivity index (χ0n) is 12.9. The molecule has 0 aromatic heterocycles. The van der Waals surface area contributed by atoms with Crippen molar-refractivity contribution >= 4 is 6.03 Å². The summed E-state index contributed by atoms with van der Waals surface area (Å²) in [7, 11) is 1.69. The smallest absolute Gasteiger partial charge is 0.320 e. The van der Waals surface area contributed by atoms with Crippen LogP contribution in [0.25, 0.3) is 0 Å². The first kappa shape index (κ1) is 15.6. The number of urea groups is 1. The fraction of sp³-hybridized carbons (Fsp3) is 0.933. The molecule has 0 aromatic carbocycles. The molecule has 0 radical (unpaired) electrons. The molecule has 2 fully saturated rings. The van der Waals surface area contributed by atoms with Crippen molar-refractivity contribution < 1.29 is 9.53 Å². The van der Waals surface area contributed by atoms with Crippen LogP contribution in [0.15, 0.2) is 0 Å². The van der Waals surface area contributed by atoms with Crippen molar-refractivity contribution in [3.63, 3.8) is 0 Å². The van der Waals surface area contributed by atoms with E-state index in [9.17, 15) is 4.79 Å². The lowest BCUT2D eigenvalue weighted by molar-refractivity contribution is 0.110. The van der Waals surface area contributed by atoms with Crippen LogP contribution in [-0.4, -0.2) is 68.3 Å². The van der Waals surface area contributed by atoms with Gasteiger partial charge in [0.15, 0.2) is 0 Å². The standard InChI is InChI=1S/C15H29N3O2/c1-13-5-8-17(9-6-13)15(19)18(10-11-20-2)12-14-4-3-7-16-14/h13-14,16H,3-12H2,1-2H3. The summed E-state index contributed by atoms with van der Waals surface area (Å²) < 4.78 is 5.16. The maximum absolute atomic E-state index is 12.7. The molecule has 0 aliphatic carbocycles. The van der Waals surface area contributed by atoms with Crippen molar-refractivity contribution in [2.24, 2.45) is 5.92 Å². The molecule has 0 aromatic rings. The van der Waals surface area contributed by atoms with Gasteiger partial charge in [0.25, 0.3) is 0 Å². The minimum atomic E-state index is 0.197. The number of likely N-dealkylation sites (tertiary alicyclic amines) is 1. The number of hydrogen-bond acceptors (Lipinski definition) is 3. The minimum Gasteiger partial charge on any atom is -0.383 e. The van der Waals surface area contributed by atoms with Crippen LogP contribution in [0, 0.1) is 5.92 Å². The Morgan fingerprint density at radius 3 is 2.70 bits per heavy atom. The van der Waals surface area contributed by atoms with Crippen molar-refractivity contribution in [3.05, 3.63) is 0 Å². The van der Waals surface area contributed by atoms with E-state index in [1.807, 2.05) is 9.80 Å². The summed E-state index contributed by atoms with van der Waals surface area (Å²) >= 11 is 0. The van der Waals surface area contributed by atoms with E-state index < -0.39 is 0 Å². The highest BCUT2D eigenvalue weighted by Gasteiger charge is 2.27. The summed E-state index contributed by atoms with van der Waals surface area (Å²) in [6.45, 7) is 7.28. The molecule has 0 saturated carbocycles. The number of carbonyl (C=O) groups excluding carboxylic acids is 1. The third-order valence-corrected chi connectivity index (χ3v) is 4.49. The Balaban J connectivity index is 1.88. The quantitative estimate of drug-likeness (QED) is 0.832. The largest absolute Gasteiger partial charge is 0.383 e. The summed E-state index contributed by atoms with van der Waals surface area (Å²) in [4.78, 5) is 16.7. The van der Waals surface area contributed by atoms with Gasteiger partial charge in [-0.15, -0.1) is 0 Å². The van der Waals surface area contributed by atoms with E-state index in [4.69, 9.17) is 4.74 Å². The van der Waals surface area contributed by atoms with Crippen molar-refractivity contribution in [2.75, 3.05) is 46.4 Å². The Labute approximate surface area is 122 Å². The second kappa shape index (κ2) is 7.84. The second-order valence-electron chi connectivity index (χ2n) is 6.18. The first-order valence-electron chi connectivity index (χ1n) is 7.97. The predicted octanol–water partition coefficient (Wildman–Crippen LogP) is 1.54. The van der Waals surface area contributed by atoms with Gasteiger partial charge in [0.2, 0.25) is 0 Å². The summed E-state index contributed by atoms with van der Waals surface area (Å²) in [6.07, 6.45) is 4.66. The average molecular weight is 283 g/mol. The highest BCUT2D eigenvalue weighted by Crippen LogP contribution is 2.18. The molecule has 0 bridgehead atoms. The Kier molecular flexibility index (Phi) is 6.10. The lowest BCUT2D eigenvalue weighted by Crippen LogP contribution is -2.50. The first-order chi connectivity index (χ1) is 9.70. The van der Waals surface area contributed by atoms with E-state index >= 15 is 0 Å². The van der Waals surface area contributed by atoms with Gasteiger partial charge in [-0.25, -0.2) is 4.79 Å². The maximum atomic E-state index is 12.7.